The molecule has 22 heavy (non-hydrogen) atoms. The fourth-order valence-electron chi connectivity index (χ4n) is 2.70. The van der Waals surface area contributed by atoms with Crippen molar-refractivity contribution in [2.45, 2.75) is 19.8 Å². The Morgan fingerprint density at radius 3 is 2.55 bits per heavy atom. The molecular formula is C16H24N2O3S. The fraction of sp³-hybridized carbons (Fsp3) is 0.562. The highest BCUT2D eigenvalue weighted by Gasteiger charge is 2.27. The molecule has 0 spiro atoms. The first-order valence-corrected chi connectivity index (χ1v) is 9.53. The molecule has 122 valence electrons. The van der Waals surface area contributed by atoms with E-state index in [1.54, 1.807) is 0 Å². The summed E-state index contributed by atoms with van der Waals surface area (Å²) in [6, 6.07) is 7.49. The molecule has 1 aromatic rings. The van der Waals surface area contributed by atoms with Crippen LogP contribution in [0.2, 0.25) is 0 Å². The zero-order chi connectivity index (χ0) is 16.2. The van der Waals surface area contributed by atoms with Crippen LogP contribution >= 0.6 is 0 Å². The Morgan fingerprint density at radius 2 is 2.00 bits per heavy atom. The molecule has 0 aliphatic carbocycles. The normalized spacial score (nSPS) is 19.8. The third-order valence-corrected chi connectivity index (χ3v) is 5.84. The summed E-state index contributed by atoms with van der Waals surface area (Å²) in [5.74, 6) is 0.331. The number of hydrogen-bond donors (Lipinski definition) is 1. The van der Waals surface area contributed by atoms with Crippen LogP contribution in [0, 0.1) is 5.92 Å². The van der Waals surface area contributed by atoms with Crippen LogP contribution in [0.1, 0.15) is 30.1 Å². The molecule has 1 aromatic carbocycles. The number of anilines is 1. The van der Waals surface area contributed by atoms with E-state index in [2.05, 4.69) is 17.1 Å². The Bertz CT molecular complexity index is 611. The molecule has 1 aliphatic heterocycles. The predicted octanol–water partition coefficient (Wildman–Crippen LogP) is 1.70. The number of carbonyl (C=O) groups is 1. The van der Waals surface area contributed by atoms with Gasteiger partial charge >= 0.3 is 0 Å². The number of carbonyl (C=O) groups excluding carboxylic acids is 1. The molecular weight excluding hydrogens is 300 g/mol. The van der Waals surface area contributed by atoms with Crippen LogP contribution in [-0.4, -0.2) is 46.0 Å². The number of nitrogens with zero attached hydrogens (tertiary/aromatic N) is 1. The van der Waals surface area contributed by atoms with Crippen LogP contribution in [0.3, 0.4) is 0 Å². The van der Waals surface area contributed by atoms with Gasteiger partial charge in [-0.05, 0) is 43.0 Å². The van der Waals surface area contributed by atoms with E-state index in [0.29, 0.717) is 18.5 Å². The van der Waals surface area contributed by atoms with E-state index in [1.807, 2.05) is 31.3 Å². The Kier molecular flexibility index (Phi) is 5.45. The first-order chi connectivity index (χ1) is 10.4. The van der Waals surface area contributed by atoms with Gasteiger partial charge < -0.3 is 10.2 Å². The van der Waals surface area contributed by atoms with E-state index < -0.39 is 9.84 Å². The molecule has 1 N–H and O–H groups in total. The van der Waals surface area contributed by atoms with Gasteiger partial charge in [-0.25, -0.2) is 8.42 Å². The van der Waals surface area contributed by atoms with Crippen molar-refractivity contribution in [1.29, 1.82) is 0 Å². The molecule has 1 atom stereocenters. The molecule has 1 unspecified atom stereocenters. The lowest BCUT2D eigenvalue weighted by atomic mass is 10.1. The minimum atomic E-state index is -2.89. The number of rotatable bonds is 6. The Labute approximate surface area is 132 Å². The van der Waals surface area contributed by atoms with Crippen LogP contribution in [0.25, 0.3) is 0 Å². The summed E-state index contributed by atoms with van der Waals surface area (Å²) in [6.07, 6.45) is 1.71. The standard InChI is InChI=1S/C16H24N2O3S/c1-3-9-18(2)15-6-4-14(5-7-15)16(19)17-11-13-8-10-22(20,21)12-13/h4-7,13H,3,8-12H2,1-2H3,(H,17,19). The minimum absolute atomic E-state index is 0.0453. The summed E-state index contributed by atoms with van der Waals surface area (Å²) in [6.45, 7) is 3.53. The van der Waals surface area contributed by atoms with Crippen molar-refractivity contribution in [3.63, 3.8) is 0 Å². The first-order valence-electron chi connectivity index (χ1n) is 7.71. The van der Waals surface area contributed by atoms with E-state index in [4.69, 9.17) is 0 Å². The summed E-state index contributed by atoms with van der Waals surface area (Å²) in [7, 11) is -0.859. The van der Waals surface area contributed by atoms with Gasteiger partial charge in [0.1, 0.15) is 0 Å². The predicted molar refractivity (Wildman–Crippen MR) is 89.1 cm³/mol. The van der Waals surface area contributed by atoms with Crippen molar-refractivity contribution in [3.8, 4) is 0 Å². The first kappa shape index (κ1) is 16.8. The van der Waals surface area contributed by atoms with Crippen LogP contribution in [0.5, 0.6) is 0 Å². The molecule has 1 heterocycles. The van der Waals surface area contributed by atoms with Gasteiger partial charge in [-0.2, -0.15) is 0 Å². The van der Waals surface area contributed by atoms with Gasteiger partial charge in [-0.1, -0.05) is 6.92 Å². The monoisotopic (exact) mass is 324 g/mol. The van der Waals surface area contributed by atoms with Crippen LogP contribution in [0.15, 0.2) is 24.3 Å². The van der Waals surface area contributed by atoms with E-state index >= 15 is 0 Å². The molecule has 1 saturated heterocycles. The average Bonchev–Trinajstić information content (AvgIpc) is 2.84. The van der Waals surface area contributed by atoms with Gasteiger partial charge in [0.15, 0.2) is 9.84 Å². The lowest BCUT2D eigenvalue weighted by Crippen LogP contribution is -2.29. The second-order valence-electron chi connectivity index (χ2n) is 5.95. The molecule has 6 heteroatoms. The second-order valence-corrected chi connectivity index (χ2v) is 8.18. The molecule has 2 rings (SSSR count). The van der Waals surface area contributed by atoms with Crippen molar-refractivity contribution in [1.82, 2.24) is 5.32 Å². The number of sulfone groups is 1. The number of nitrogens with one attached hydrogen (secondary N) is 1. The van der Waals surface area contributed by atoms with Crippen LogP contribution in [0.4, 0.5) is 5.69 Å². The molecule has 1 fully saturated rings. The minimum Gasteiger partial charge on any atom is -0.375 e. The second kappa shape index (κ2) is 7.13. The third-order valence-electron chi connectivity index (χ3n) is 4.01. The van der Waals surface area contributed by atoms with Crippen molar-refractivity contribution in [2.75, 3.05) is 36.5 Å². The summed E-state index contributed by atoms with van der Waals surface area (Å²) in [5.41, 5.74) is 1.69. The lowest BCUT2D eigenvalue weighted by molar-refractivity contribution is 0.0948. The van der Waals surface area contributed by atoms with Gasteiger partial charge in [0, 0.05) is 31.4 Å². The lowest BCUT2D eigenvalue weighted by Gasteiger charge is -2.18. The zero-order valence-electron chi connectivity index (χ0n) is 13.2. The van der Waals surface area contributed by atoms with E-state index in [9.17, 15) is 13.2 Å². The molecule has 1 amide bonds. The van der Waals surface area contributed by atoms with Crippen molar-refractivity contribution in [2.24, 2.45) is 5.92 Å². The SMILES string of the molecule is CCCN(C)c1ccc(C(=O)NCC2CCS(=O)(=O)C2)cc1. The van der Waals surface area contributed by atoms with Gasteiger partial charge in [-0.15, -0.1) is 0 Å². The fourth-order valence-corrected chi connectivity index (χ4v) is 4.57. The zero-order valence-corrected chi connectivity index (χ0v) is 14.0. The number of benzene rings is 1. The molecule has 0 aromatic heterocycles. The van der Waals surface area contributed by atoms with E-state index in [-0.39, 0.29) is 23.3 Å². The molecule has 0 radical (unpaired) electrons. The number of amides is 1. The smallest absolute Gasteiger partial charge is 0.251 e. The highest BCUT2D eigenvalue weighted by atomic mass is 32.2. The maximum Gasteiger partial charge on any atom is 0.251 e. The van der Waals surface area contributed by atoms with E-state index in [0.717, 1.165) is 18.7 Å². The highest BCUT2D eigenvalue weighted by molar-refractivity contribution is 7.91. The topological polar surface area (TPSA) is 66.5 Å². The summed E-state index contributed by atoms with van der Waals surface area (Å²) < 4.78 is 22.8. The van der Waals surface area contributed by atoms with Crippen molar-refractivity contribution < 1.29 is 13.2 Å². The maximum absolute atomic E-state index is 12.1. The molecule has 0 bridgehead atoms. The molecule has 1 aliphatic rings. The van der Waals surface area contributed by atoms with Crippen molar-refractivity contribution in [3.05, 3.63) is 29.8 Å². The van der Waals surface area contributed by atoms with E-state index in [1.165, 1.54) is 0 Å². The Hall–Kier alpha value is -1.56. The van der Waals surface area contributed by atoms with Gasteiger partial charge in [0.25, 0.3) is 5.91 Å². The third kappa shape index (κ3) is 4.47. The van der Waals surface area contributed by atoms with Crippen LogP contribution < -0.4 is 10.2 Å². The molecule has 0 saturated carbocycles. The summed E-state index contributed by atoms with van der Waals surface area (Å²) in [4.78, 5) is 14.2. The maximum atomic E-state index is 12.1. The summed E-state index contributed by atoms with van der Waals surface area (Å²) in [5, 5.41) is 2.84. The van der Waals surface area contributed by atoms with Gasteiger partial charge in [0.2, 0.25) is 0 Å². The van der Waals surface area contributed by atoms with Gasteiger partial charge in [0.05, 0.1) is 11.5 Å². The van der Waals surface area contributed by atoms with Crippen molar-refractivity contribution >= 4 is 21.4 Å². The van der Waals surface area contributed by atoms with Crippen LogP contribution in [-0.2, 0) is 9.84 Å². The largest absolute Gasteiger partial charge is 0.375 e. The Balaban J connectivity index is 1.87. The molecule has 5 nitrogen and oxygen atoms in total. The summed E-state index contributed by atoms with van der Waals surface area (Å²) >= 11 is 0. The Morgan fingerprint density at radius 1 is 1.32 bits per heavy atom. The number of hydrogen-bond acceptors (Lipinski definition) is 4. The highest BCUT2D eigenvalue weighted by Crippen LogP contribution is 2.18. The average molecular weight is 324 g/mol. The quantitative estimate of drug-likeness (QED) is 0.865. The van der Waals surface area contributed by atoms with Gasteiger partial charge in [-0.3, -0.25) is 4.79 Å².